The molecule has 1 aliphatic heterocycles. The Morgan fingerprint density at radius 1 is 1.36 bits per heavy atom. The minimum Gasteiger partial charge on any atom is -0.458 e. The molecule has 3 heteroatoms. The van der Waals surface area contributed by atoms with Crippen LogP contribution in [0.3, 0.4) is 0 Å². The van der Waals surface area contributed by atoms with Gasteiger partial charge in [-0.05, 0) is 12.1 Å². The van der Waals surface area contributed by atoms with Crippen molar-refractivity contribution in [2.24, 2.45) is 0 Å². The van der Waals surface area contributed by atoms with Crippen molar-refractivity contribution in [3.05, 3.63) is 41.7 Å². The van der Waals surface area contributed by atoms with Gasteiger partial charge in [0.1, 0.15) is 11.5 Å². The van der Waals surface area contributed by atoms with E-state index >= 15 is 0 Å². The average Bonchev–Trinajstić information content (AvgIpc) is 2.63. The number of para-hydroxylation sites is 1. The zero-order valence-electron chi connectivity index (χ0n) is 7.36. The van der Waals surface area contributed by atoms with Crippen molar-refractivity contribution in [2.45, 2.75) is 12.0 Å². The van der Waals surface area contributed by atoms with Crippen LogP contribution >= 0.6 is 0 Å². The number of fused-ring (bicyclic) bond motifs is 3. The summed E-state index contributed by atoms with van der Waals surface area (Å²) in [4.78, 5) is 11.6. The Hall–Kier alpha value is -1.61. The Labute approximate surface area is 80.6 Å². The van der Waals surface area contributed by atoms with E-state index in [9.17, 15) is 9.90 Å². The smallest absolute Gasteiger partial charge is 0.210 e. The zero-order chi connectivity index (χ0) is 9.76. The monoisotopic (exact) mass is 188 g/mol. The Balaban J connectivity index is 2.29. The molecule has 0 fully saturated rings. The van der Waals surface area contributed by atoms with Gasteiger partial charge in [-0.2, -0.15) is 0 Å². The first-order valence-corrected chi connectivity index (χ1v) is 4.46. The molecule has 1 aromatic rings. The molecule has 0 spiro atoms. The fraction of sp³-hybridized carbons (Fsp3) is 0.182. The van der Waals surface area contributed by atoms with Crippen molar-refractivity contribution in [1.29, 1.82) is 0 Å². The molecule has 1 unspecified atom stereocenters. The molecule has 1 aliphatic carbocycles. The molecule has 0 radical (unpaired) electrons. The molecule has 14 heavy (non-hydrogen) atoms. The molecular formula is C11H8O3. The number of carbonyl (C=O) groups is 1. The van der Waals surface area contributed by atoms with Crippen LogP contribution in [-0.2, 0) is 10.4 Å². The summed E-state index contributed by atoms with van der Waals surface area (Å²) in [5.74, 6) is 0.732. The molecule has 3 rings (SSSR count). The number of allylic oxidation sites excluding steroid dienone is 1. The summed E-state index contributed by atoms with van der Waals surface area (Å²) >= 11 is 0. The quantitative estimate of drug-likeness (QED) is 0.663. The highest BCUT2D eigenvalue weighted by Crippen LogP contribution is 2.47. The third-order valence-corrected chi connectivity index (χ3v) is 2.73. The van der Waals surface area contributed by atoms with Crippen LogP contribution in [0.1, 0.15) is 12.0 Å². The fourth-order valence-electron chi connectivity index (χ4n) is 1.99. The summed E-state index contributed by atoms with van der Waals surface area (Å²) in [6.45, 7) is 0. The van der Waals surface area contributed by atoms with Crippen LogP contribution in [0.15, 0.2) is 36.1 Å². The van der Waals surface area contributed by atoms with Gasteiger partial charge in [-0.15, -0.1) is 0 Å². The van der Waals surface area contributed by atoms with Gasteiger partial charge in [-0.1, -0.05) is 18.2 Å². The van der Waals surface area contributed by atoms with Gasteiger partial charge in [0.2, 0.25) is 5.60 Å². The van der Waals surface area contributed by atoms with Gasteiger partial charge < -0.3 is 9.84 Å². The van der Waals surface area contributed by atoms with Crippen LogP contribution in [0.2, 0.25) is 0 Å². The van der Waals surface area contributed by atoms with Gasteiger partial charge in [-0.3, -0.25) is 4.79 Å². The van der Waals surface area contributed by atoms with Gasteiger partial charge in [-0.25, -0.2) is 0 Å². The van der Waals surface area contributed by atoms with Crippen LogP contribution in [0.5, 0.6) is 5.75 Å². The highest BCUT2D eigenvalue weighted by molar-refractivity contribution is 5.97. The van der Waals surface area contributed by atoms with Crippen molar-refractivity contribution >= 4 is 5.78 Å². The predicted octanol–water partition coefficient (Wildman–Crippen LogP) is 1.12. The second kappa shape index (κ2) is 2.25. The zero-order valence-corrected chi connectivity index (χ0v) is 7.36. The van der Waals surface area contributed by atoms with Crippen molar-refractivity contribution in [2.75, 3.05) is 0 Å². The van der Waals surface area contributed by atoms with Crippen LogP contribution < -0.4 is 4.74 Å². The Morgan fingerprint density at radius 3 is 3.00 bits per heavy atom. The lowest BCUT2D eigenvalue weighted by Gasteiger charge is -2.15. The van der Waals surface area contributed by atoms with E-state index < -0.39 is 5.60 Å². The number of hydrogen-bond donors (Lipinski definition) is 1. The topological polar surface area (TPSA) is 46.5 Å². The second-order valence-corrected chi connectivity index (χ2v) is 3.50. The summed E-state index contributed by atoms with van der Waals surface area (Å²) in [6.07, 6.45) is 1.89. The number of hydrogen-bond acceptors (Lipinski definition) is 3. The minimum absolute atomic E-state index is 0.211. The maximum Gasteiger partial charge on any atom is 0.210 e. The van der Waals surface area contributed by atoms with Crippen LogP contribution in [-0.4, -0.2) is 10.9 Å². The summed E-state index contributed by atoms with van der Waals surface area (Å²) in [6, 6.07) is 7.07. The van der Waals surface area contributed by atoms with Gasteiger partial charge in [0.25, 0.3) is 0 Å². The molecule has 3 nitrogen and oxygen atoms in total. The first-order valence-electron chi connectivity index (χ1n) is 4.46. The first kappa shape index (κ1) is 7.76. The first-order chi connectivity index (χ1) is 6.73. The third-order valence-electron chi connectivity index (χ3n) is 2.73. The van der Waals surface area contributed by atoms with E-state index in [-0.39, 0.29) is 12.2 Å². The Kier molecular flexibility index (Phi) is 1.25. The van der Waals surface area contributed by atoms with Gasteiger partial charge >= 0.3 is 0 Å². The second-order valence-electron chi connectivity index (χ2n) is 3.50. The minimum atomic E-state index is -1.50. The van der Waals surface area contributed by atoms with E-state index in [0.717, 1.165) is 0 Å². The number of Topliss-reactive ketones (excluding diaryl/α,β-unsaturated/α-hetero) is 1. The summed E-state index contributed by atoms with van der Waals surface area (Å²) in [5, 5.41) is 10.2. The molecular weight excluding hydrogens is 180 g/mol. The van der Waals surface area contributed by atoms with Gasteiger partial charge in [0.15, 0.2) is 5.78 Å². The number of benzene rings is 1. The maximum absolute atomic E-state index is 11.6. The van der Waals surface area contributed by atoms with Gasteiger partial charge in [0.05, 0.1) is 0 Å². The molecule has 1 aromatic carbocycles. The molecule has 2 aliphatic rings. The fourth-order valence-corrected chi connectivity index (χ4v) is 1.99. The molecule has 0 saturated heterocycles. The maximum atomic E-state index is 11.6. The van der Waals surface area contributed by atoms with Crippen molar-refractivity contribution in [1.82, 2.24) is 0 Å². The lowest BCUT2D eigenvalue weighted by molar-refractivity contribution is -0.132. The standard InChI is InChI=1S/C11H8O3/c12-9-5-6-10-11(9,13)7-3-1-2-4-8(7)14-10/h1-4,6,13H,5H2. The summed E-state index contributed by atoms with van der Waals surface area (Å²) in [7, 11) is 0. The van der Waals surface area contributed by atoms with Crippen LogP contribution in [0.4, 0.5) is 0 Å². The van der Waals surface area contributed by atoms with E-state index in [0.29, 0.717) is 17.1 Å². The van der Waals surface area contributed by atoms with Crippen LogP contribution in [0.25, 0.3) is 0 Å². The number of ketones is 1. The van der Waals surface area contributed by atoms with E-state index in [1.165, 1.54) is 0 Å². The summed E-state index contributed by atoms with van der Waals surface area (Å²) in [5.41, 5.74) is -0.940. The van der Waals surface area contributed by atoms with E-state index in [2.05, 4.69) is 0 Å². The SMILES string of the molecule is O=C1CC=C2Oc3ccccc3C12O. The third kappa shape index (κ3) is 0.692. The highest BCUT2D eigenvalue weighted by Gasteiger charge is 2.52. The van der Waals surface area contributed by atoms with E-state index in [1.807, 2.05) is 6.07 Å². The molecule has 70 valence electrons. The molecule has 1 N–H and O–H groups in total. The van der Waals surface area contributed by atoms with Crippen molar-refractivity contribution in [3.8, 4) is 5.75 Å². The average molecular weight is 188 g/mol. The van der Waals surface area contributed by atoms with Crippen molar-refractivity contribution in [3.63, 3.8) is 0 Å². The van der Waals surface area contributed by atoms with Crippen LogP contribution in [0, 0.1) is 0 Å². The lowest BCUT2D eigenvalue weighted by Crippen LogP contribution is -2.31. The number of carbonyl (C=O) groups excluding carboxylic acids is 1. The Morgan fingerprint density at radius 2 is 2.14 bits per heavy atom. The predicted molar refractivity (Wildman–Crippen MR) is 48.7 cm³/mol. The van der Waals surface area contributed by atoms with Gasteiger partial charge in [0, 0.05) is 12.0 Å². The van der Waals surface area contributed by atoms with Crippen molar-refractivity contribution < 1.29 is 14.6 Å². The molecule has 0 amide bonds. The van der Waals surface area contributed by atoms with E-state index in [1.54, 1.807) is 24.3 Å². The highest BCUT2D eigenvalue weighted by atomic mass is 16.5. The number of rotatable bonds is 0. The number of aliphatic hydroxyl groups is 1. The van der Waals surface area contributed by atoms with E-state index in [4.69, 9.17) is 4.74 Å². The lowest BCUT2D eigenvalue weighted by atomic mass is 9.92. The molecule has 0 saturated carbocycles. The molecule has 0 bridgehead atoms. The molecule has 1 atom stereocenters. The number of ether oxygens (including phenoxy) is 1. The largest absolute Gasteiger partial charge is 0.458 e. The molecule has 0 aromatic heterocycles. The normalized spacial score (nSPS) is 28.1. The Bertz CT molecular complexity index is 461. The summed E-state index contributed by atoms with van der Waals surface area (Å²) < 4.78 is 5.39. The molecule has 1 heterocycles.